The van der Waals surface area contributed by atoms with Gasteiger partial charge in [0.05, 0.1) is 6.54 Å². The lowest BCUT2D eigenvalue weighted by atomic mass is 10.2. The first-order valence-electron chi connectivity index (χ1n) is 7.26. The first-order chi connectivity index (χ1) is 9.97. The van der Waals surface area contributed by atoms with Crippen LogP contribution in [-0.2, 0) is 9.59 Å². The van der Waals surface area contributed by atoms with Crippen LogP contribution in [0.15, 0.2) is 0 Å². The predicted octanol–water partition coefficient (Wildman–Crippen LogP) is -0.935. The minimum absolute atomic E-state index is 0.0128. The van der Waals surface area contributed by atoms with E-state index in [1.165, 1.54) is 0 Å². The number of carboxylic acid groups (broad SMARTS) is 1. The molecule has 3 N–H and O–H groups in total. The zero-order chi connectivity index (χ0) is 15.4. The molecule has 1 aliphatic carbocycles. The van der Waals surface area contributed by atoms with Crippen molar-refractivity contribution >= 4 is 17.9 Å². The largest absolute Gasteiger partial charge is 0.480 e. The molecule has 0 radical (unpaired) electrons. The SMILES string of the molecule is CC(C(=O)O)N1CCN(C(=O)NCC(=O)NC2CC2)CC1. The van der Waals surface area contributed by atoms with Gasteiger partial charge in [0, 0.05) is 32.2 Å². The Balaban J connectivity index is 1.67. The summed E-state index contributed by atoms with van der Waals surface area (Å²) in [6.07, 6.45) is 2.03. The molecule has 8 nitrogen and oxygen atoms in total. The third kappa shape index (κ3) is 4.59. The molecule has 0 aromatic carbocycles. The van der Waals surface area contributed by atoms with Gasteiger partial charge in [-0.3, -0.25) is 14.5 Å². The van der Waals surface area contributed by atoms with Gasteiger partial charge < -0.3 is 20.6 Å². The highest BCUT2D eigenvalue weighted by Crippen LogP contribution is 2.18. The Labute approximate surface area is 123 Å². The van der Waals surface area contributed by atoms with E-state index in [-0.39, 0.29) is 24.5 Å². The summed E-state index contributed by atoms with van der Waals surface area (Å²) in [4.78, 5) is 37.7. The van der Waals surface area contributed by atoms with Gasteiger partial charge >= 0.3 is 12.0 Å². The number of hydrogen-bond acceptors (Lipinski definition) is 4. The van der Waals surface area contributed by atoms with Crippen molar-refractivity contribution in [2.24, 2.45) is 0 Å². The molecule has 2 rings (SSSR count). The number of urea groups is 1. The first kappa shape index (κ1) is 15.6. The van der Waals surface area contributed by atoms with Crippen molar-refractivity contribution in [3.8, 4) is 0 Å². The number of amides is 3. The summed E-state index contributed by atoms with van der Waals surface area (Å²) in [7, 11) is 0. The van der Waals surface area contributed by atoms with Crippen LogP contribution in [0, 0.1) is 0 Å². The fraction of sp³-hybridized carbons (Fsp3) is 0.769. The third-order valence-corrected chi connectivity index (χ3v) is 3.85. The number of carbonyl (C=O) groups is 3. The maximum atomic E-state index is 11.9. The Morgan fingerprint density at radius 3 is 2.33 bits per heavy atom. The van der Waals surface area contributed by atoms with E-state index in [0.29, 0.717) is 26.2 Å². The van der Waals surface area contributed by atoms with Gasteiger partial charge in [0.15, 0.2) is 0 Å². The third-order valence-electron chi connectivity index (χ3n) is 3.85. The molecule has 1 heterocycles. The molecular formula is C13H22N4O4. The van der Waals surface area contributed by atoms with Gasteiger partial charge in [0.1, 0.15) is 6.04 Å². The fourth-order valence-corrected chi connectivity index (χ4v) is 2.24. The van der Waals surface area contributed by atoms with Crippen LogP contribution in [0.25, 0.3) is 0 Å². The van der Waals surface area contributed by atoms with E-state index in [0.717, 1.165) is 12.8 Å². The van der Waals surface area contributed by atoms with Crippen LogP contribution >= 0.6 is 0 Å². The van der Waals surface area contributed by atoms with Crippen molar-refractivity contribution in [2.75, 3.05) is 32.7 Å². The number of hydrogen-bond donors (Lipinski definition) is 3. The molecule has 0 bridgehead atoms. The van der Waals surface area contributed by atoms with Crippen LogP contribution < -0.4 is 10.6 Å². The summed E-state index contributed by atoms with van der Waals surface area (Å²) in [6, 6.07) is -0.529. The minimum atomic E-state index is -0.857. The van der Waals surface area contributed by atoms with E-state index in [2.05, 4.69) is 10.6 Å². The van der Waals surface area contributed by atoms with Gasteiger partial charge in [-0.05, 0) is 19.8 Å². The highest BCUT2D eigenvalue weighted by Gasteiger charge is 2.27. The van der Waals surface area contributed by atoms with Crippen molar-refractivity contribution in [1.82, 2.24) is 20.4 Å². The average molecular weight is 298 g/mol. The summed E-state index contributed by atoms with van der Waals surface area (Å²) in [5.41, 5.74) is 0. The summed E-state index contributed by atoms with van der Waals surface area (Å²) < 4.78 is 0. The van der Waals surface area contributed by atoms with Crippen molar-refractivity contribution in [3.63, 3.8) is 0 Å². The van der Waals surface area contributed by atoms with Gasteiger partial charge in [-0.25, -0.2) is 4.79 Å². The number of aliphatic carboxylic acids is 1. The highest BCUT2D eigenvalue weighted by molar-refractivity contribution is 5.84. The van der Waals surface area contributed by atoms with Crippen molar-refractivity contribution in [3.05, 3.63) is 0 Å². The number of nitrogens with one attached hydrogen (secondary N) is 2. The summed E-state index contributed by atoms with van der Waals surface area (Å²) in [6.45, 7) is 3.60. The zero-order valence-corrected chi connectivity index (χ0v) is 12.2. The van der Waals surface area contributed by atoms with E-state index < -0.39 is 12.0 Å². The quantitative estimate of drug-likeness (QED) is 0.608. The molecule has 3 amide bonds. The molecule has 118 valence electrons. The number of rotatable bonds is 5. The van der Waals surface area contributed by atoms with Gasteiger partial charge in [-0.15, -0.1) is 0 Å². The molecule has 1 saturated carbocycles. The highest BCUT2D eigenvalue weighted by atomic mass is 16.4. The average Bonchev–Trinajstić information content (AvgIpc) is 3.28. The predicted molar refractivity (Wildman–Crippen MR) is 74.8 cm³/mol. The fourth-order valence-electron chi connectivity index (χ4n) is 2.24. The van der Waals surface area contributed by atoms with E-state index in [1.807, 2.05) is 4.90 Å². The van der Waals surface area contributed by atoms with Crippen molar-refractivity contribution in [2.45, 2.75) is 31.8 Å². The van der Waals surface area contributed by atoms with Gasteiger partial charge in [-0.2, -0.15) is 0 Å². The molecule has 0 aromatic heterocycles. The monoisotopic (exact) mass is 298 g/mol. The van der Waals surface area contributed by atoms with Crippen LogP contribution in [0.4, 0.5) is 4.79 Å². The van der Waals surface area contributed by atoms with E-state index in [4.69, 9.17) is 5.11 Å². The Kier molecular flexibility index (Phi) is 5.00. The Morgan fingerprint density at radius 1 is 1.19 bits per heavy atom. The number of carbonyl (C=O) groups excluding carboxylic acids is 2. The molecule has 1 unspecified atom stereocenters. The molecule has 2 fully saturated rings. The Morgan fingerprint density at radius 2 is 1.81 bits per heavy atom. The molecule has 2 aliphatic rings. The molecule has 1 aliphatic heterocycles. The van der Waals surface area contributed by atoms with Gasteiger partial charge in [0.25, 0.3) is 0 Å². The van der Waals surface area contributed by atoms with Crippen LogP contribution in [0.5, 0.6) is 0 Å². The van der Waals surface area contributed by atoms with E-state index in [1.54, 1.807) is 11.8 Å². The molecule has 1 saturated heterocycles. The molecule has 1 atom stereocenters. The normalized spacial score (nSPS) is 20.7. The number of piperazine rings is 1. The van der Waals surface area contributed by atoms with Gasteiger partial charge in [0.2, 0.25) is 5.91 Å². The second kappa shape index (κ2) is 6.75. The second-order valence-corrected chi connectivity index (χ2v) is 5.54. The standard InChI is InChI=1S/C13H22N4O4/c1-9(12(19)20)16-4-6-17(7-5-16)13(21)14-8-11(18)15-10-2-3-10/h9-10H,2-8H2,1H3,(H,14,21)(H,15,18)(H,19,20). The maximum absolute atomic E-state index is 11.9. The summed E-state index contributed by atoms with van der Waals surface area (Å²) >= 11 is 0. The second-order valence-electron chi connectivity index (χ2n) is 5.54. The lowest BCUT2D eigenvalue weighted by molar-refractivity contribution is -0.143. The summed E-state index contributed by atoms with van der Waals surface area (Å²) in [5.74, 6) is -1.02. The number of nitrogens with zero attached hydrogens (tertiary/aromatic N) is 2. The lowest BCUT2D eigenvalue weighted by Crippen LogP contribution is -2.55. The van der Waals surface area contributed by atoms with Crippen LogP contribution in [0.1, 0.15) is 19.8 Å². The zero-order valence-electron chi connectivity index (χ0n) is 12.2. The molecule has 21 heavy (non-hydrogen) atoms. The van der Waals surface area contributed by atoms with Crippen molar-refractivity contribution < 1.29 is 19.5 Å². The Hall–Kier alpha value is -1.83. The Bertz CT molecular complexity index is 416. The number of carboxylic acids is 1. The maximum Gasteiger partial charge on any atom is 0.320 e. The van der Waals surface area contributed by atoms with Crippen LogP contribution in [0.3, 0.4) is 0 Å². The van der Waals surface area contributed by atoms with Gasteiger partial charge in [-0.1, -0.05) is 0 Å². The molecule has 0 spiro atoms. The van der Waals surface area contributed by atoms with E-state index in [9.17, 15) is 14.4 Å². The molecule has 8 heteroatoms. The van der Waals surface area contributed by atoms with Crippen molar-refractivity contribution in [1.29, 1.82) is 0 Å². The van der Waals surface area contributed by atoms with Crippen LogP contribution in [0.2, 0.25) is 0 Å². The lowest BCUT2D eigenvalue weighted by Gasteiger charge is -2.36. The minimum Gasteiger partial charge on any atom is -0.480 e. The molecular weight excluding hydrogens is 276 g/mol. The van der Waals surface area contributed by atoms with Crippen LogP contribution in [-0.4, -0.2) is 77.6 Å². The summed E-state index contributed by atoms with van der Waals surface area (Å²) in [5, 5.41) is 14.3. The molecule has 0 aromatic rings. The first-order valence-corrected chi connectivity index (χ1v) is 7.26. The van der Waals surface area contributed by atoms with E-state index >= 15 is 0 Å². The smallest absolute Gasteiger partial charge is 0.320 e. The topological polar surface area (TPSA) is 102 Å².